The molecule has 0 bridgehead atoms. The highest BCUT2D eigenvalue weighted by Gasteiger charge is 2.27. The molecule has 1 fully saturated rings. The summed E-state index contributed by atoms with van der Waals surface area (Å²) < 4.78 is 7.02. The van der Waals surface area contributed by atoms with Crippen molar-refractivity contribution in [2.45, 2.75) is 19.4 Å². The molecule has 0 aromatic carbocycles. The maximum atomic E-state index is 5.22. The Kier molecular flexibility index (Phi) is 4.54. The lowest BCUT2D eigenvalue weighted by Gasteiger charge is -2.41. The Labute approximate surface area is 130 Å². The number of fused-ring (bicyclic) bond motifs is 1. The summed E-state index contributed by atoms with van der Waals surface area (Å²) in [4.78, 5) is 13.7. The van der Waals surface area contributed by atoms with Gasteiger partial charge in [-0.25, -0.2) is 9.97 Å². The molecule has 0 radical (unpaired) electrons. The molecular formula is C15H24N6O. The molecule has 1 aliphatic heterocycles. The van der Waals surface area contributed by atoms with Crippen molar-refractivity contribution in [3.05, 3.63) is 12.5 Å². The molecule has 0 saturated carbocycles. The molecule has 3 heterocycles. The molecule has 0 unspecified atom stereocenters. The molecule has 2 aromatic heterocycles. The zero-order chi connectivity index (χ0) is 15.5. The second-order valence-corrected chi connectivity index (χ2v) is 5.74. The van der Waals surface area contributed by atoms with E-state index in [2.05, 4.69) is 31.8 Å². The lowest BCUT2D eigenvalue weighted by atomic mass is 10.1. The van der Waals surface area contributed by atoms with Gasteiger partial charge in [0.15, 0.2) is 5.65 Å². The van der Waals surface area contributed by atoms with Crippen molar-refractivity contribution in [3.8, 4) is 0 Å². The SMILES string of the molecule is CC[C@@H]1CN(c2ncnc3c2cnn3C)CCN1CCOC. The molecule has 7 nitrogen and oxygen atoms in total. The highest BCUT2D eigenvalue weighted by molar-refractivity contribution is 5.86. The van der Waals surface area contributed by atoms with Crippen molar-refractivity contribution in [1.82, 2.24) is 24.6 Å². The Morgan fingerprint density at radius 2 is 2.18 bits per heavy atom. The summed E-state index contributed by atoms with van der Waals surface area (Å²) in [6, 6.07) is 0.533. The Morgan fingerprint density at radius 1 is 1.32 bits per heavy atom. The summed E-state index contributed by atoms with van der Waals surface area (Å²) in [7, 11) is 3.67. The number of methoxy groups -OCH3 is 1. The largest absolute Gasteiger partial charge is 0.383 e. The van der Waals surface area contributed by atoms with Crippen LogP contribution in [-0.2, 0) is 11.8 Å². The first-order valence-corrected chi connectivity index (χ1v) is 7.85. The first-order valence-electron chi connectivity index (χ1n) is 7.85. The normalized spacial score (nSPS) is 20.0. The minimum Gasteiger partial charge on any atom is -0.383 e. The molecule has 0 spiro atoms. The van der Waals surface area contributed by atoms with Gasteiger partial charge in [-0.2, -0.15) is 5.10 Å². The minimum atomic E-state index is 0.533. The van der Waals surface area contributed by atoms with E-state index in [1.165, 1.54) is 0 Å². The number of hydrogen-bond donors (Lipinski definition) is 0. The smallest absolute Gasteiger partial charge is 0.163 e. The van der Waals surface area contributed by atoms with Gasteiger partial charge < -0.3 is 9.64 Å². The molecular weight excluding hydrogens is 280 g/mol. The van der Waals surface area contributed by atoms with E-state index in [9.17, 15) is 0 Å². The summed E-state index contributed by atoms with van der Waals surface area (Å²) in [5, 5.41) is 5.34. The van der Waals surface area contributed by atoms with Gasteiger partial charge >= 0.3 is 0 Å². The van der Waals surface area contributed by atoms with E-state index in [4.69, 9.17) is 4.74 Å². The van der Waals surface area contributed by atoms with Gasteiger partial charge in [0.05, 0.1) is 18.2 Å². The molecule has 1 aliphatic rings. The van der Waals surface area contributed by atoms with Crippen molar-refractivity contribution < 1.29 is 4.74 Å². The number of aromatic nitrogens is 4. The Morgan fingerprint density at radius 3 is 2.95 bits per heavy atom. The summed E-state index contributed by atoms with van der Waals surface area (Å²) >= 11 is 0. The summed E-state index contributed by atoms with van der Waals surface area (Å²) in [5.41, 5.74) is 0.889. The quantitative estimate of drug-likeness (QED) is 0.818. The van der Waals surface area contributed by atoms with Crippen LogP contribution in [0.15, 0.2) is 12.5 Å². The van der Waals surface area contributed by atoms with Gasteiger partial charge in [-0.1, -0.05) is 6.92 Å². The highest BCUT2D eigenvalue weighted by atomic mass is 16.5. The van der Waals surface area contributed by atoms with Crippen LogP contribution in [0.5, 0.6) is 0 Å². The summed E-state index contributed by atoms with van der Waals surface area (Å²) in [6.07, 6.45) is 4.63. The van der Waals surface area contributed by atoms with E-state index in [1.54, 1.807) is 18.1 Å². The second kappa shape index (κ2) is 6.58. The standard InChI is InChI=1S/C15H24N6O/c1-4-12-10-21(6-5-20(12)7-8-22-3)15-13-9-18-19(2)14(13)16-11-17-15/h9,11-12H,4-8,10H2,1-3H3/t12-/m1/s1. The topological polar surface area (TPSA) is 59.3 Å². The van der Waals surface area contributed by atoms with Gasteiger partial charge in [0.1, 0.15) is 12.1 Å². The number of hydrogen-bond acceptors (Lipinski definition) is 6. The zero-order valence-corrected chi connectivity index (χ0v) is 13.6. The van der Waals surface area contributed by atoms with Crippen molar-refractivity contribution in [3.63, 3.8) is 0 Å². The van der Waals surface area contributed by atoms with Gasteiger partial charge in [-0.15, -0.1) is 0 Å². The molecule has 0 amide bonds. The monoisotopic (exact) mass is 304 g/mol. The fourth-order valence-corrected chi connectivity index (χ4v) is 3.18. The fourth-order valence-electron chi connectivity index (χ4n) is 3.18. The number of piperazine rings is 1. The lowest BCUT2D eigenvalue weighted by molar-refractivity contribution is 0.109. The fraction of sp³-hybridized carbons (Fsp3) is 0.667. The number of rotatable bonds is 5. The molecule has 120 valence electrons. The van der Waals surface area contributed by atoms with Gasteiger partial charge in [0.25, 0.3) is 0 Å². The van der Waals surface area contributed by atoms with Crippen LogP contribution in [-0.4, -0.2) is 70.6 Å². The van der Waals surface area contributed by atoms with Gasteiger partial charge in [0, 0.05) is 46.4 Å². The summed E-state index contributed by atoms with van der Waals surface area (Å²) in [5.74, 6) is 1.00. The molecule has 0 N–H and O–H groups in total. The first kappa shape index (κ1) is 15.2. The van der Waals surface area contributed by atoms with Crippen LogP contribution in [0.25, 0.3) is 11.0 Å². The average Bonchev–Trinajstić information content (AvgIpc) is 2.94. The van der Waals surface area contributed by atoms with Crippen LogP contribution in [0.3, 0.4) is 0 Å². The molecule has 1 saturated heterocycles. The van der Waals surface area contributed by atoms with Crippen molar-refractivity contribution in [2.24, 2.45) is 7.05 Å². The molecule has 0 aliphatic carbocycles. The molecule has 22 heavy (non-hydrogen) atoms. The number of anilines is 1. The Balaban J connectivity index is 1.81. The van der Waals surface area contributed by atoms with Gasteiger partial charge in [0.2, 0.25) is 0 Å². The predicted octanol–water partition coefficient (Wildman–Crippen LogP) is 0.910. The summed E-state index contributed by atoms with van der Waals surface area (Å²) in [6.45, 7) is 7.02. The van der Waals surface area contributed by atoms with Crippen LogP contribution in [0.1, 0.15) is 13.3 Å². The van der Waals surface area contributed by atoms with E-state index < -0.39 is 0 Å². The number of nitrogens with zero attached hydrogens (tertiary/aromatic N) is 6. The molecule has 2 aromatic rings. The third kappa shape index (κ3) is 2.78. The van der Waals surface area contributed by atoms with E-state index in [0.29, 0.717) is 6.04 Å². The minimum absolute atomic E-state index is 0.533. The molecule has 7 heteroatoms. The van der Waals surface area contributed by atoms with Crippen LogP contribution in [0, 0.1) is 0 Å². The van der Waals surface area contributed by atoms with Crippen LogP contribution in [0.2, 0.25) is 0 Å². The first-order chi connectivity index (χ1) is 10.7. The van der Waals surface area contributed by atoms with E-state index in [0.717, 1.165) is 56.1 Å². The van der Waals surface area contributed by atoms with Crippen LogP contribution >= 0.6 is 0 Å². The van der Waals surface area contributed by atoms with E-state index >= 15 is 0 Å². The van der Waals surface area contributed by atoms with Crippen LogP contribution < -0.4 is 4.90 Å². The number of ether oxygens (including phenoxy) is 1. The maximum absolute atomic E-state index is 5.22. The molecule has 3 rings (SSSR count). The maximum Gasteiger partial charge on any atom is 0.163 e. The third-order valence-electron chi connectivity index (χ3n) is 4.47. The van der Waals surface area contributed by atoms with Gasteiger partial charge in [-0.05, 0) is 6.42 Å². The predicted molar refractivity (Wildman–Crippen MR) is 86.0 cm³/mol. The molecule has 1 atom stereocenters. The Hall–Kier alpha value is -1.73. The Bertz CT molecular complexity index is 628. The van der Waals surface area contributed by atoms with E-state index in [-0.39, 0.29) is 0 Å². The second-order valence-electron chi connectivity index (χ2n) is 5.74. The van der Waals surface area contributed by atoms with E-state index in [1.807, 2.05) is 13.2 Å². The van der Waals surface area contributed by atoms with Crippen molar-refractivity contribution in [2.75, 3.05) is 44.8 Å². The van der Waals surface area contributed by atoms with Crippen molar-refractivity contribution in [1.29, 1.82) is 0 Å². The third-order valence-corrected chi connectivity index (χ3v) is 4.47. The van der Waals surface area contributed by atoms with Crippen molar-refractivity contribution >= 4 is 16.9 Å². The highest BCUT2D eigenvalue weighted by Crippen LogP contribution is 2.25. The number of aryl methyl sites for hydroxylation is 1. The lowest BCUT2D eigenvalue weighted by Crippen LogP contribution is -2.54. The van der Waals surface area contributed by atoms with Gasteiger partial charge in [-0.3, -0.25) is 9.58 Å². The average molecular weight is 304 g/mol. The zero-order valence-electron chi connectivity index (χ0n) is 13.6. The van der Waals surface area contributed by atoms with Crippen LogP contribution in [0.4, 0.5) is 5.82 Å².